The molecule has 0 rings (SSSR count). The largest absolute Gasteiger partial charge is 0.396 e. The summed E-state index contributed by atoms with van der Waals surface area (Å²) in [6.07, 6.45) is 3.02. The van der Waals surface area contributed by atoms with Crippen LogP contribution >= 0.6 is 0 Å². The zero-order chi connectivity index (χ0) is 9.45. The highest BCUT2D eigenvalue weighted by Crippen LogP contribution is 2.30. The number of hydrogen-bond donors (Lipinski definition) is 3. The fourth-order valence-electron chi connectivity index (χ4n) is 1.42. The highest BCUT2D eigenvalue weighted by Gasteiger charge is 2.22. The van der Waals surface area contributed by atoms with Crippen LogP contribution in [0.15, 0.2) is 0 Å². The van der Waals surface area contributed by atoms with Crippen LogP contribution in [0.4, 0.5) is 0 Å². The highest BCUT2D eigenvalue weighted by atomic mass is 16.3. The van der Waals surface area contributed by atoms with E-state index in [0.717, 1.165) is 12.8 Å². The lowest BCUT2D eigenvalue weighted by Crippen LogP contribution is -2.20. The lowest BCUT2D eigenvalue weighted by atomic mass is 9.80. The Labute approximate surface area is 74.0 Å². The van der Waals surface area contributed by atoms with Gasteiger partial charge >= 0.3 is 0 Å². The fraction of sp³-hybridized carbons (Fsp3) is 1.00. The van der Waals surface area contributed by atoms with E-state index in [4.69, 9.17) is 15.3 Å². The molecule has 0 heterocycles. The van der Waals surface area contributed by atoms with Crippen LogP contribution < -0.4 is 0 Å². The molecule has 0 bridgehead atoms. The molecule has 0 aliphatic rings. The van der Waals surface area contributed by atoms with Gasteiger partial charge in [0.25, 0.3) is 0 Å². The molecule has 74 valence electrons. The van der Waals surface area contributed by atoms with E-state index >= 15 is 0 Å². The first-order valence-corrected chi connectivity index (χ1v) is 4.51. The molecule has 0 unspecified atom stereocenters. The van der Waals surface area contributed by atoms with Crippen LogP contribution in [-0.4, -0.2) is 35.1 Å². The van der Waals surface area contributed by atoms with E-state index in [0.29, 0.717) is 12.8 Å². The molecule has 0 aliphatic heterocycles. The van der Waals surface area contributed by atoms with Gasteiger partial charge in [-0.05, 0) is 31.1 Å². The number of aliphatic hydroxyl groups is 3. The molecule has 0 atom stereocenters. The van der Waals surface area contributed by atoms with Crippen LogP contribution in [0.2, 0.25) is 0 Å². The Bertz CT molecular complexity index is 97.9. The molecular weight excluding hydrogens is 156 g/mol. The third-order valence-corrected chi connectivity index (χ3v) is 2.37. The molecule has 3 nitrogen and oxygen atoms in total. The maximum absolute atomic E-state index is 8.78. The SMILES string of the molecule is CC(CCO)(CCO)CCCO. The second-order valence-electron chi connectivity index (χ2n) is 3.59. The van der Waals surface area contributed by atoms with Crippen LogP contribution in [0.25, 0.3) is 0 Å². The summed E-state index contributed by atoms with van der Waals surface area (Å²) in [4.78, 5) is 0. The van der Waals surface area contributed by atoms with Crippen molar-refractivity contribution in [3.8, 4) is 0 Å². The van der Waals surface area contributed by atoms with Gasteiger partial charge in [-0.3, -0.25) is 0 Å². The predicted molar refractivity (Wildman–Crippen MR) is 47.8 cm³/mol. The Kier molecular flexibility index (Phi) is 6.34. The molecule has 0 fully saturated rings. The quantitative estimate of drug-likeness (QED) is 0.530. The lowest BCUT2D eigenvalue weighted by Gasteiger charge is -2.27. The number of rotatable bonds is 7. The molecule has 0 saturated carbocycles. The monoisotopic (exact) mass is 176 g/mol. The van der Waals surface area contributed by atoms with Crippen molar-refractivity contribution >= 4 is 0 Å². The first-order chi connectivity index (χ1) is 5.68. The molecule has 0 aromatic carbocycles. The van der Waals surface area contributed by atoms with E-state index in [1.807, 2.05) is 6.92 Å². The van der Waals surface area contributed by atoms with E-state index in [-0.39, 0.29) is 25.2 Å². The van der Waals surface area contributed by atoms with E-state index in [1.54, 1.807) is 0 Å². The summed E-state index contributed by atoms with van der Waals surface area (Å²) in [7, 11) is 0. The minimum atomic E-state index is -0.00771. The van der Waals surface area contributed by atoms with Crippen molar-refractivity contribution in [3.05, 3.63) is 0 Å². The molecular formula is C9H20O3. The fourth-order valence-corrected chi connectivity index (χ4v) is 1.42. The zero-order valence-corrected chi connectivity index (χ0v) is 7.79. The van der Waals surface area contributed by atoms with Crippen molar-refractivity contribution in [2.45, 2.75) is 32.6 Å². The minimum absolute atomic E-state index is 0.00771. The minimum Gasteiger partial charge on any atom is -0.396 e. The molecule has 0 radical (unpaired) electrons. The Morgan fingerprint density at radius 2 is 1.33 bits per heavy atom. The summed E-state index contributed by atoms with van der Waals surface area (Å²) in [5.74, 6) is 0. The van der Waals surface area contributed by atoms with Gasteiger partial charge < -0.3 is 15.3 Å². The van der Waals surface area contributed by atoms with E-state index in [1.165, 1.54) is 0 Å². The Hall–Kier alpha value is -0.120. The molecule has 0 spiro atoms. The van der Waals surface area contributed by atoms with Gasteiger partial charge in [0.15, 0.2) is 0 Å². The average Bonchev–Trinajstić information content (AvgIpc) is 2.02. The molecule has 0 amide bonds. The van der Waals surface area contributed by atoms with Gasteiger partial charge in [-0.1, -0.05) is 6.92 Å². The topological polar surface area (TPSA) is 60.7 Å². The Morgan fingerprint density at radius 1 is 0.833 bits per heavy atom. The maximum atomic E-state index is 8.78. The summed E-state index contributed by atoms with van der Waals surface area (Å²) < 4.78 is 0. The van der Waals surface area contributed by atoms with Gasteiger partial charge in [0.05, 0.1) is 0 Å². The third kappa shape index (κ3) is 4.70. The smallest absolute Gasteiger partial charge is 0.0436 e. The van der Waals surface area contributed by atoms with Crippen molar-refractivity contribution < 1.29 is 15.3 Å². The molecule has 0 aromatic rings. The van der Waals surface area contributed by atoms with E-state index < -0.39 is 0 Å². The average molecular weight is 176 g/mol. The second-order valence-corrected chi connectivity index (χ2v) is 3.59. The standard InChI is InChI=1S/C9H20O3/c1-9(4-7-11,5-8-12)3-2-6-10/h10-12H,2-8H2,1H3. The molecule has 3 N–H and O–H groups in total. The summed E-state index contributed by atoms with van der Waals surface area (Å²) in [6.45, 7) is 2.53. The highest BCUT2D eigenvalue weighted by molar-refractivity contribution is 4.73. The van der Waals surface area contributed by atoms with Crippen LogP contribution in [0.5, 0.6) is 0 Å². The molecule has 3 heteroatoms. The summed E-state index contributed by atoms with van der Waals surface area (Å²) in [6, 6.07) is 0. The maximum Gasteiger partial charge on any atom is 0.0436 e. The van der Waals surface area contributed by atoms with E-state index in [2.05, 4.69) is 0 Å². The summed E-state index contributed by atoms with van der Waals surface area (Å²) >= 11 is 0. The van der Waals surface area contributed by atoms with Gasteiger partial charge in [0.1, 0.15) is 0 Å². The van der Waals surface area contributed by atoms with Gasteiger partial charge in [0.2, 0.25) is 0 Å². The Morgan fingerprint density at radius 3 is 1.67 bits per heavy atom. The van der Waals surface area contributed by atoms with Crippen LogP contribution in [-0.2, 0) is 0 Å². The first-order valence-electron chi connectivity index (χ1n) is 4.51. The first kappa shape index (κ1) is 11.9. The molecule has 0 aliphatic carbocycles. The zero-order valence-electron chi connectivity index (χ0n) is 7.79. The van der Waals surface area contributed by atoms with Crippen LogP contribution in [0, 0.1) is 5.41 Å². The van der Waals surface area contributed by atoms with Gasteiger partial charge in [0, 0.05) is 19.8 Å². The summed E-state index contributed by atoms with van der Waals surface area (Å²) in [5, 5.41) is 26.2. The van der Waals surface area contributed by atoms with E-state index in [9.17, 15) is 0 Å². The van der Waals surface area contributed by atoms with Gasteiger partial charge in [-0.2, -0.15) is 0 Å². The second kappa shape index (κ2) is 6.40. The van der Waals surface area contributed by atoms with Crippen molar-refractivity contribution in [2.24, 2.45) is 5.41 Å². The number of hydrogen-bond acceptors (Lipinski definition) is 3. The van der Waals surface area contributed by atoms with Gasteiger partial charge in [-0.15, -0.1) is 0 Å². The predicted octanol–water partition coefficient (Wildman–Crippen LogP) is 0.530. The molecule has 12 heavy (non-hydrogen) atoms. The van der Waals surface area contributed by atoms with Crippen LogP contribution in [0.3, 0.4) is 0 Å². The third-order valence-electron chi connectivity index (χ3n) is 2.37. The molecule has 0 saturated heterocycles. The normalized spacial score (nSPS) is 12.0. The summed E-state index contributed by atoms with van der Waals surface area (Å²) in [5.41, 5.74) is -0.00771. The van der Waals surface area contributed by atoms with Crippen LogP contribution in [0.1, 0.15) is 32.6 Å². The van der Waals surface area contributed by atoms with Crippen molar-refractivity contribution in [2.75, 3.05) is 19.8 Å². The van der Waals surface area contributed by atoms with Crippen molar-refractivity contribution in [1.82, 2.24) is 0 Å². The Balaban J connectivity index is 3.80. The number of aliphatic hydroxyl groups excluding tert-OH is 3. The lowest BCUT2D eigenvalue weighted by molar-refractivity contribution is 0.129. The van der Waals surface area contributed by atoms with Crippen molar-refractivity contribution in [3.63, 3.8) is 0 Å². The van der Waals surface area contributed by atoms with Gasteiger partial charge in [-0.25, -0.2) is 0 Å². The van der Waals surface area contributed by atoms with Crippen molar-refractivity contribution in [1.29, 1.82) is 0 Å². The molecule has 0 aromatic heterocycles.